The van der Waals surface area contributed by atoms with E-state index in [1.54, 1.807) is 23.6 Å². The molecule has 2 amide bonds. The van der Waals surface area contributed by atoms with Gasteiger partial charge in [0.15, 0.2) is 0 Å². The highest BCUT2D eigenvalue weighted by Gasteiger charge is 2.08. The van der Waals surface area contributed by atoms with Crippen molar-refractivity contribution < 1.29 is 14.0 Å². The summed E-state index contributed by atoms with van der Waals surface area (Å²) in [5.41, 5.74) is 1.49. The Morgan fingerprint density at radius 3 is 2.58 bits per heavy atom. The molecule has 24 heavy (non-hydrogen) atoms. The first kappa shape index (κ1) is 17.9. The van der Waals surface area contributed by atoms with Crippen LogP contribution in [0.15, 0.2) is 41.1 Å². The highest BCUT2D eigenvalue weighted by molar-refractivity contribution is 7.08. The summed E-state index contributed by atoms with van der Waals surface area (Å²) in [4.78, 5) is 25.4. The molecule has 2 aromatic rings. The average Bonchev–Trinajstić information content (AvgIpc) is 3.11. The molecule has 0 fully saturated rings. The first-order valence-corrected chi connectivity index (χ1v) is 8.54. The maximum atomic E-state index is 12.9. The molecule has 0 aliphatic heterocycles. The molecule has 2 N–H and O–H groups in total. The Hall–Kier alpha value is -2.41. The molecule has 1 heterocycles. The number of carbonyl (C=O) groups is 2. The zero-order chi connectivity index (χ0) is 17.4. The quantitative estimate of drug-likeness (QED) is 0.719. The van der Waals surface area contributed by atoms with E-state index in [4.69, 9.17) is 0 Å². The lowest BCUT2D eigenvalue weighted by molar-refractivity contribution is -0.120. The van der Waals surface area contributed by atoms with Crippen LogP contribution in [0.5, 0.6) is 0 Å². The van der Waals surface area contributed by atoms with Crippen LogP contribution >= 0.6 is 11.3 Å². The summed E-state index contributed by atoms with van der Waals surface area (Å²) in [6.45, 7) is 1.20. The topological polar surface area (TPSA) is 61.4 Å². The van der Waals surface area contributed by atoms with E-state index in [9.17, 15) is 14.0 Å². The lowest BCUT2D eigenvalue weighted by atomic mass is 10.2. The number of thiophene rings is 1. The Morgan fingerprint density at radius 1 is 1.17 bits per heavy atom. The second-order valence-corrected chi connectivity index (χ2v) is 6.08. The molecule has 5 nitrogen and oxygen atoms in total. The molecule has 128 valence electrons. The summed E-state index contributed by atoms with van der Waals surface area (Å²) < 4.78 is 12.9. The van der Waals surface area contributed by atoms with Crippen LogP contribution in [0.1, 0.15) is 16.8 Å². The minimum absolute atomic E-state index is 0.0392. The maximum Gasteiger partial charge on any atom is 0.252 e. The number of hydrogen-bond acceptors (Lipinski definition) is 4. The first-order valence-electron chi connectivity index (χ1n) is 7.60. The Balaban J connectivity index is 1.60. The zero-order valence-corrected chi connectivity index (χ0v) is 14.2. The molecule has 0 unspecified atom stereocenters. The van der Waals surface area contributed by atoms with Crippen molar-refractivity contribution in [1.82, 2.24) is 10.6 Å². The van der Waals surface area contributed by atoms with Gasteiger partial charge in [0.2, 0.25) is 5.91 Å². The van der Waals surface area contributed by atoms with Gasteiger partial charge >= 0.3 is 0 Å². The van der Waals surface area contributed by atoms with E-state index >= 15 is 0 Å². The highest BCUT2D eigenvalue weighted by Crippen LogP contribution is 2.12. The summed E-state index contributed by atoms with van der Waals surface area (Å²) in [6.07, 6.45) is 0.748. The summed E-state index contributed by atoms with van der Waals surface area (Å²) in [6, 6.07) is 7.98. The van der Waals surface area contributed by atoms with Gasteiger partial charge in [0, 0.05) is 36.8 Å². The molecule has 0 bridgehead atoms. The Bertz CT molecular complexity index is 659. The molecule has 1 aromatic carbocycles. The number of halogens is 1. The van der Waals surface area contributed by atoms with Gasteiger partial charge in [-0.15, -0.1) is 0 Å². The van der Waals surface area contributed by atoms with Crippen molar-refractivity contribution in [2.45, 2.75) is 6.42 Å². The second kappa shape index (κ2) is 9.02. The van der Waals surface area contributed by atoms with E-state index in [0.29, 0.717) is 12.1 Å². The Labute approximate surface area is 144 Å². The number of rotatable bonds is 8. The van der Waals surface area contributed by atoms with Crippen molar-refractivity contribution in [2.24, 2.45) is 0 Å². The van der Waals surface area contributed by atoms with Crippen molar-refractivity contribution >= 4 is 28.8 Å². The largest absolute Gasteiger partial charge is 0.375 e. The van der Waals surface area contributed by atoms with Crippen LogP contribution in [-0.4, -0.2) is 38.5 Å². The minimum Gasteiger partial charge on any atom is -0.375 e. The molecule has 2 rings (SSSR count). The van der Waals surface area contributed by atoms with Gasteiger partial charge in [0.25, 0.3) is 5.91 Å². The van der Waals surface area contributed by atoms with Crippen molar-refractivity contribution in [3.8, 4) is 0 Å². The van der Waals surface area contributed by atoms with E-state index in [0.717, 1.165) is 18.7 Å². The third kappa shape index (κ3) is 5.66. The fraction of sp³-hybridized carbons (Fsp3) is 0.294. The summed E-state index contributed by atoms with van der Waals surface area (Å²) in [5.74, 6) is -0.727. The number of nitrogens with zero attached hydrogens (tertiary/aromatic N) is 1. The van der Waals surface area contributed by atoms with Crippen molar-refractivity contribution in [1.29, 1.82) is 0 Å². The highest BCUT2D eigenvalue weighted by atomic mass is 32.1. The van der Waals surface area contributed by atoms with Gasteiger partial charge in [-0.25, -0.2) is 4.39 Å². The summed E-state index contributed by atoms with van der Waals surface area (Å²) in [7, 11) is 1.91. The smallest absolute Gasteiger partial charge is 0.252 e. The number of hydrogen-bond donors (Lipinski definition) is 2. The molecule has 1 aromatic heterocycles. The predicted molar refractivity (Wildman–Crippen MR) is 93.9 cm³/mol. The van der Waals surface area contributed by atoms with Crippen LogP contribution in [0, 0.1) is 5.82 Å². The third-order valence-electron chi connectivity index (χ3n) is 3.45. The second-order valence-electron chi connectivity index (χ2n) is 5.30. The standard InChI is InChI=1S/C17H20FN3O2S/c1-21(15-5-3-14(18)4-6-15)9-2-8-19-16(22)11-20-17(23)13-7-10-24-12-13/h3-7,10,12H,2,8-9,11H2,1H3,(H,19,22)(H,20,23). The molecule has 0 aliphatic rings. The fourth-order valence-electron chi connectivity index (χ4n) is 2.09. The van der Waals surface area contributed by atoms with Crippen molar-refractivity contribution in [3.63, 3.8) is 0 Å². The molecule has 0 atom stereocenters. The lowest BCUT2D eigenvalue weighted by Crippen LogP contribution is -2.37. The van der Waals surface area contributed by atoms with Gasteiger partial charge < -0.3 is 15.5 Å². The maximum absolute atomic E-state index is 12.9. The average molecular weight is 349 g/mol. The van der Waals surface area contributed by atoms with E-state index < -0.39 is 0 Å². The number of amides is 2. The van der Waals surface area contributed by atoms with Crippen LogP contribution in [0.2, 0.25) is 0 Å². The van der Waals surface area contributed by atoms with Gasteiger partial charge in [-0.2, -0.15) is 11.3 Å². The number of carbonyl (C=O) groups excluding carboxylic acids is 2. The van der Waals surface area contributed by atoms with Crippen LogP contribution < -0.4 is 15.5 Å². The predicted octanol–water partition coefficient (Wildman–Crippen LogP) is 2.26. The van der Waals surface area contributed by atoms with E-state index in [1.807, 2.05) is 17.3 Å². The minimum atomic E-state index is -0.260. The fourth-order valence-corrected chi connectivity index (χ4v) is 2.72. The number of anilines is 1. The van der Waals surface area contributed by atoms with Gasteiger partial charge in [-0.05, 0) is 42.1 Å². The normalized spacial score (nSPS) is 10.2. The van der Waals surface area contributed by atoms with Crippen molar-refractivity contribution in [2.75, 3.05) is 31.6 Å². The number of nitrogens with one attached hydrogen (secondary N) is 2. The molecular formula is C17H20FN3O2S. The molecule has 0 saturated carbocycles. The molecular weight excluding hydrogens is 329 g/mol. The van der Waals surface area contributed by atoms with Crippen LogP contribution in [0.4, 0.5) is 10.1 Å². The molecule has 7 heteroatoms. The van der Waals surface area contributed by atoms with E-state index in [-0.39, 0.29) is 24.2 Å². The number of benzene rings is 1. The zero-order valence-electron chi connectivity index (χ0n) is 13.4. The van der Waals surface area contributed by atoms with E-state index in [1.165, 1.54) is 23.5 Å². The van der Waals surface area contributed by atoms with Crippen LogP contribution in [0.3, 0.4) is 0 Å². The monoisotopic (exact) mass is 349 g/mol. The van der Waals surface area contributed by atoms with Gasteiger partial charge in [0.05, 0.1) is 6.54 Å². The molecule has 0 radical (unpaired) electrons. The van der Waals surface area contributed by atoms with E-state index in [2.05, 4.69) is 10.6 Å². The Kier molecular flexibility index (Phi) is 6.74. The van der Waals surface area contributed by atoms with Crippen LogP contribution in [-0.2, 0) is 4.79 Å². The van der Waals surface area contributed by atoms with Gasteiger partial charge in [0.1, 0.15) is 5.82 Å². The van der Waals surface area contributed by atoms with Crippen molar-refractivity contribution in [3.05, 3.63) is 52.5 Å². The summed E-state index contributed by atoms with van der Waals surface area (Å²) in [5, 5.41) is 8.88. The molecule has 0 aliphatic carbocycles. The Morgan fingerprint density at radius 2 is 1.92 bits per heavy atom. The molecule has 0 spiro atoms. The lowest BCUT2D eigenvalue weighted by Gasteiger charge is -2.19. The van der Waals surface area contributed by atoms with Gasteiger partial charge in [-0.3, -0.25) is 9.59 Å². The molecule has 0 saturated heterocycles. The van der Waals surface area contributed by atoms with Gasteiger partial charge in [-0.1, -0.05) is 0 Å². The summed E-state index contributed by atoms with van der Waals surface area (Å²) >= 11 is 1.43. The van der Waals surface area contributed by atoms with Crippen LogP contribution in [0.25, 0.3) is 0 Å². The first-order chi connectivity index (χ1) is 11.6. The SMILES string of the molecule is CN(CCCNC(=O)CNC(=O)c1ccsc1)c1ccc(F)cc1. The third-order valence-corrected chi connectivity index (χ3v) is 4.14.